The molecule has 5 unspecified atom stereocenters. The lowest BCUT2D eigenvalue weighted by Gasteiger charge is -2.38. The van der Waals surface area contributed by atoms with Crippen LogP contribution in [0.3, 0.4) is 0 Å². The minimum Gasteiger partial charge on any atom is -0.396 e. The first-order chi connectivity index (χ1) is 6.61. The predicted molar refractivity (Wildman–Crippen MR) is 49.3 cm³/mol. The number of azide groups is 1. The molecule has 0 amide bonds. The van der Waals surface area contributed by atoms with E-state index < -0.39 is 18.2 Å². The topological polar surface area (TPSA) is 109 Å². The maximum atomic E-state index is 9.61. The number of hydrogen-bond acceptors (Lipinski definition) is 4. The molecule has 0 heterocycles. The van der Waals surface area contributed by atoms with Crippen LogP contribution in [0.15, 0.2) is 5.11 Å². The summed E-state index contributed by atoms with van der Waals surface area (Å²) in [6.07, 6.45) is -1.53. The Morgan fingerprint density at radius 2 is 2.07 bits per heavy atom. The van der Waals surface area contributed by atoms with Crippen molar-refractivity contribution in [2.45, 2.75) is 31.6 Å². The lowest BCUT2D eigenvalue weighted by atomic mass is 9.76. The molecule has 0 aliphatic heterocycles. The third-order valence-corrected chi connectivity index (χ3v) is 2.86. The van der Waals surface area contributed by atoms with Crippen molar-refractivity contribution in [1.29, 1.82) is 0 Å². The van der Waals surface area contributed by atoms with Crippen LogP contribution in [0, 0.1) is 11.8 Å². The van der Waals surface area contributed by atoms with Crippen molar-refractivity contribution < 1.29 is 15.3 Å². The predicted octanol–water partition coefficient (Wildman–Crippen LogP) is 0.0354. The molecule has 0 radical (unpaired) electrons. The highest BCUT2D eigenvalue weighted by atomic mass is 16.3. The van der Waals surface area contributed by atoms with E-state index in [-0.39, 0.29) is 18.4 Å². The quantitative estimate of drug-likeness (QED) is 0.333. The van der Waals surface area contributed by atoms with E-state index in [4.69, 9.17) is 10.6 Å². The highest BCUT2D eigenvalue weighted by molar-refractivity contribution is 4.94. The van der Waals surface area contributed by atoms with Gasteiger partial charge in [-0.05, 0) is 17.9 Å². The first kappa shape index (κ1) is 11.3. The van der Waals surface area contributed by atoms with Gasteiger partial charge in [-0.15, -0.1) is 0 Å². The molecule has 5 atom stereocenters. The Labute approximate surface area is 81.8 Å². The highest BCUT2D eigenvalue weighted by Crippen LogP contribution is 2.31. The molecule has 1 aliphatic rings. The second-order valence-electron chi connectivity index (χ2n) is 3.83. The minimum atomic E-state index is -1.08. The van der Waals surface area contributed by atoms with Gasteiger partial charge in [-0.3, -0.25) is 0 Å². The molecule has 0 aromatic heterocycles. The summed E-state index contributed by atoms with van der Waals surface area (Å²) in [5.41, 5.74) is 8.28. The van der Waals surface area contributed by atoms with Crippen molar-refractivity contribution in [2.24, 2.45) is 17.0 Å². The molecule has 6 nitrogen and oxygen atoms in total. The molecular weight excluding hydrogens is 186 g/mol. The van der Waals surface area contributed by atoms with E-state index in [1.54, 1.807) is 0 Å². The Kier molecular flexibility index (Phi) is 3.71. The number of nitrogens with zero attached hydrogens (tertiary/aromatic N) is 3. The Balaban J connectivity index is 2.78. The van der Waals surface area contributed by atoms with Gasteiger partial charge in [0.25, 0.3) is 0 Å². The molecule has 0 spiro atoms. The zero-order chi connectivity index (χ0) is 10.7. The van der Waals surface area contributed by atoms with Crippen LogP contribution in [0.2, 0.25) is 0 Å². The molecule has 0 bridgehead atoms. The van der Waals surface area contributed by atoms with Crippen LogP contribution in [0.4, 0.5) is 0 Å². The van der Waals surface area contributed by atoms with Crippen molar-refractivity contribution in [3.63, 3.8) is 0 Å². The van der Waals surface area contributed by atoms with Gasteiger partial charge in [-0.1, -0.05) is 12.0 Å². The molecule has 0 aromatic rings. The fourth-order valence-corrected chi connectivity index (χ4v) is 2.00. The van der Waals surface area contributed by atoms with Crippen molar-refractivity contribution in [2.75, 3.05) is 6.61 Å². The number of aliphatic hydroxyl groups excluding tert-OH is 3. The smallest absolute Gasteiger partial charge is 0.0889 e. The van der Waals surface area contributed by atoms with E-state index in [9.17, 15) is 10.2 Å². The zero-order valence-electron chi connectivity index (χ0n) is 7.98. The Hall–Kier alpha value is -0.810. The molecule has 0 aromatic carbocycles. The third kappa shape index (κ3) is 1.99. The van der Waals surface area contributed by atoms with Gasteiger partial charge in [0, 0.05) is 17.4 Å². The van der Waals surface area contributed by atoms with E-state index >= 15 is 0 Å². The van der Waals surface area contributed by atoms with Crippen molar-refractivity contribution in [3.05, 3.63) is 10.4 Å². The zero-order valence-corrected chi connectivity index (χ0v) is 7.98. The normalized spacial score (nSPS) is 43.0. The van der Waals surface area contributed by atoms with Crippen molar-refractivity contribution in [3.8, 4) is 0 Å². The van der Waals surface area contributed by atoms with E-state index in [0.717, 1.165) is 0 Å². The summed E-state index contributed by atoms with van der Waals surface area (Å²) >= 11 is 0. The van der Waals surface area contributed by atoms with Crippen LogP contribution in [-0.2, 0) is 0 Å². The minimum absolute atomic E-state index is 0.0264. The second-order valence-corrected chi connectivity index (χ2v) is 3.83. The van der Waals surface area contributed by atoms with Crippen LogP contribution in [0.25, 0.3) is 10.4 Å². The molecule has 80 valence electrons. The standard InChI is InChI=1S/C8H15N3O3/c1-4-2-5(3-12)7(13)8(14)6(4)10-11-9/h4-8,12-14H,2-3H2,1H3. The average Bonchev–Trinajstić information content (AvgIpc) is 2.18. The molecule has 6 heteroatoms. The molecule has 1 rings (SSSR count). The summed E-state index contributed by atoms with van der Waals surface area (Å²) in [5, 5.41) is 31.6. The SMILES string of the molecule is CC1CC(CO)C(O)C(O)C1N=[N+]=[N-]. The van der Waals surface area contributed by atoms with Gasteiger partial charge in [-0.25, -0.2) is 0 Å². The van der Waals surface area contributed by atoms with Crippen LogP contribution < -0.4 is 0 Å². The first-order valence-corrected chi connectivity index (χ1v) is 4.63. The summed E-state index contributed by atoms with van der Waals surface area (Å²) in [6, 6.07) is -0.599. The second kappa shape index (κ2) is 4.61. The maximum Gasteiger partial charge on any atom is 0.0889 e. The van der Waals surface area contributed by atoms with Crippen LogP contribution >= 0.6 is 0 Å². The van der Waals surface area contributed by atoms with E-state index in [2.05, 4.69) is 10.0 Å². The first-order valence-electron chi connectivity index (χ1n) is 4.63. The Bertz CT molecular complexity index is 242. The maximum absolute atomic E-state index is 9.61. The molecule has 0 saturated heterocycles. The van der Waals surface area contributed by atoms with Crippen LogP contribution in [-0.4, -0.2) is 40.2 Å². The number of rotatable bonds is 2. The Morgan fingerprint density at radius 1 is 1.43 bits per heavy atom. The summed E-state index contributed by atoms with van der Waals surface area (Å²) in [6.45, 7) is 1.67. The summed E-state index contributed by atoms with van der Waals surface area (Å²) in [4.78, 5) is 2.64. The van der Waals surface area contributed by atoms with Crippen LogP contribution in [0.1, 0.15) is 13.3 Å². The van der Waals surface area contributed by atoms with Gasteiger partial charge in [-0.2, -0.15) is 0 Å². The van der Waals surface area contributed by atoms with Gasteiger partial charge in [0.15, 0.2) is 0 Å². The fraction of sp³-hybridized carbons (Fsp3) is 1.00. The number of hydrogen-bond donors (Lipinski definition) is 3. The van der Waals surface area contributed by atoms with Crippen LogP contribution in [0.5, 0.6) is 0 Å². The van der Waals surface area contributed by atoms with Gasteiger partial charge < -0.3 is 15.3 Å². The summed E-state index contributed by atoms with van der Waals surface area (Å²) in [7, 11) is 0. The number of aliphatic hydroxyl groups is 3. The molecule has 14 heavy (non-hydrogen) atoms. The molecular formula is C8H15N3O3. The van der Waals surface area contributed by atoms with Gasteiger partial charge in [0.05, 0.1) is 18.2 Å². The Morgan fingerprint density at radius 3 is 2.57 bits per heavy atom. The lowest BCUT2D eigenvalue weighted by molar-refractivity contribution is -0.0831. The lowest BCUT2D eigenvalue weighted by Crippen LogP contribution is -2.50. The van der Waals surface area contributed by atoms with E-state index in [1.807, 2.05) is 6.92 Å². The highest BCUT2D eigenvalue weighted by Gasteiger charge is 2.40. The summed E-state index contributed by atoms with van der Waals surface area (Å²) in [5.74, 6) is -0.355. The van der Waals surface area contributed by atoms with E-state index in [1.165, 1.54) is 0 Å². The molecule has 1 fully saturated rings. The summed E-state index contributed by atoms with van der Waals surface area (Å²) < 4.78 is 0. The van der Waals surface area contributed by atoms with Gasteiger partial charge in [0.1, 0.15) is 0 Å². The van der Waals surface area contributed by atoms with E-state index in [0.29, 0.717) is 6.42 Å². The fourth-order valence-electron chi connectivity index (χ4n) is 2.00. The largest absolute Gasteiger partial charge is 0.396 e. The monoisotopic (exact) mass is 201 g/mol. The molecule has 3 N–H and O–H groups in total. The van der Waals surface area contributed by atoms with Gasteiger partial charge >= 0.3 is 0 Å². The van der Waals surface area contributed by atoms with Crippen molar-refractivity contribution in [1.82, 2.24) is 0 Å². The van der Waals surface area contributed by atoms with Gasteiger partial charge in [0.2, 0.25) is 0 Å². The average molecular weight is 201 g/mol. The van der Waals surface area contributed by atoms with Crippen molar-refractivity contribution >= 4 is 0 Å². The molecule has 1 saturated carbocycles. The molecule has 1 aliphatic carbocycles. The third-order valence-electron chi connectivity index (χ3n) is 2.86.